The van der Waals surface area contributed by atoms with E-state index in [4.69, 9.17) is 0 Å². The number of nitrogens with one attached hydrogen (secondary N) is 1. The van der Waals surface area contributed by atoms with Crippen LogP contribution >= 0.6 is 0 Å². The van der Waals surface area contributed by atoms with E-state index < -0.39 is 0 Å². The van der Waals surface area contributed by atoms with E-state index in [1.807, 2.05) is 56.3 Å². The number of nitrogens with zero attached hydrogens (tertiary/aromatic N) is 2. The Morgan fingerprint density at radius 1 is 1.08 bits per heavy atom. The van der Waals surface area contributed by atoms with Crippen LogP contribution in [0, 0.1) is 5.92 Å². The third-order valence-electron chi connectivity index (χ3n) is 3.93. The van der Waals surface area contributed by atoms with Crippen LogP contribution in [0.1, 0.15) is 13.8 Å². The highest BCUT2D eigenvalue weighted by atomic mass is 16.2. The van der Waals surface area contributed by atoms with E-state index in [0.29, 0.717) is 18.2 Å². The van der Waals surface area contributed by atoms with Gasteiger partial charge in [-0.05, 0) is 22.8 Å². The van der Waals surface area contributed by atoms with Gasteiger partial charge in [-0.25, -0.2) is 4.68 Å². The minimum absolute atomic E-state index is 0.0792. The topological polar surface area (TPSA) is 64.0 Å². The lowest BCUT2D eigenvalue weighted by Gasteiger charge is -2.10. The summed E-state index contributed by atoms with van der Waals surface area (Å²) in [5.74, 6) is 0.147. The first-order valence-corrected chi connectivity index (χ1v) is 8.37. The Morgan fingerprint density at radius 3 is 2.64 bits per heavy atom. The first kappa shape index (κ1) is 16.9. The molecule has 0 aliphatic carbocycles. The minimum atomic E-state index is -0.288. The lowest BCUT2D eigenvalue weighted by atomic mass is 10.0. The van der Waals surface area contributed by atoms with Gasteiger partial charge in [0.2, 0.25) is 5.91 Å². The molecule has 25 heavy (non-hydrogen) atoms. The van der Waals surface area contributed by atoms with Crippen LogP contribution < -0.4 is 10.9 Å². The zero-order chi connectivity index (χ0) is 17.8. The highest BCUT2D eigenvalue weighted by Gasteiger charge is 2.10. The summed E-state index contributed by atoms with van der Waals surface area (Å²) in [7, 11) is 0. The highest BCUT2D eigenvalue weighted by Crippen LogP contribution is 2.26. The molecular formula is C20H21N3O2. The summed E-state index contributed by atoms with van der Waals surface area (Å²) in [6.45, 7) is 4.54. The van der Waals surface area contributed by atoms with E-state index in [1.165, 1.54) is 10.7 Å². The second kappa shape index (κ2) is 7.30. The van der Waals surface area contributed by atoms with Gasteiger partial charge in [0.15, 0.2) is 0 Å². The number of hydrogen-bond acceptors (Lipinski definition) is 3. The van der Waals surface area contributed by atoms with Gasteiger partial charge in [-0.15, -0.1) is 0 Å². The molecule has 0 radical (unpaired) electrons. The first-order valence-electron chi connectivity index (χ1n) is 8.37. The van der Waals surface area contributed by atoms with Crippen LogP contribution in [0.2, 0.25) is 0 Å². The molecule has 0 unspecified atom stereocenters. The summed E-state index contributed by atoms with van der Waals surface area (Å²) >= 11 is 0. The van der Waals surface area contributed by atoms with Crippen molar-refractivity contribution in [2.45, 2.75) is 20.4 Å². The Kier molecular flexibility index (Phi) is 4.93. The lowest BCUT2D eigenvalue weighted by molar-refractivity contribution is -0.122. The van der Waals surface area contributed by atoms with E-state index in [2.05, 4.69) is 10.4 Å². The molecule has 0 bridgehead atoms. The van der Waals surface area contributed by atoms with Gasteiger partial charge < -0.3 is 5.32 Å². The fraction of sp³-hybridized carbons (Fsp3) is 0.250. The van der Waals surface area contributed by atoms with Crippen molar-refractivity contribution < 1.29 is 4.79 Å². The van der Waals surface area contributed by atoms with Gasteiger partial charge in [0.05, 0.1) is 5.69 Å². The maximum atomic E-state index is 12.1. The van der Waals surface area contributed by atoms with E-state index in [9.17, 15) is 9.59 Å². The molecule has 0 saturated carbocycles. The van der Waals surface area contributed by atoms with Crippen LogP contribution in [0.4, 0.5) is 0 Å². The third kappa shape index (κ3) is 3.94. The Labute approximate surface area is 146 Å². The summed E-state index contributed by atoms with van der Waals surface area (Å²) in [6.07, 6.45) is 0. The van der Waals surface area contributed by atoms with Crippen molar-refractivity contribution in [2.24, 2.45) is 5.92 Å². The third-order valence-corrected chi connectivity index (χ3v) is 3.93. The Morgan fingerprint density at radius 2 is 1.84 bits per heavy atom. The lowest BCUT2D eigenvalue weighted by Crippen LogP contribution is -2.35. The molecule has 2 aromatic carbocycles. The van der Waals surface area contributed by atoms with Crippen LogP contribution in [0.15, 0.2) is 59.4 Å². The number of hydrogen-bond donors (Lipinski definition) is 1. The van der Waals surface area contributed by atoms with Crippen LogP contribution in [-0.4, -0.2) is 22.2 Å². The standard InChI is InChI=1S/C20H21N3O2/c1-14(2)12-21-19(24)13-23-20(25)11-10-18(22-23)17-9-5-7-15-6-3-4-8-16(15)17/h3-11,14H,12-13H2,1-2H3,(H,21,24). The molecule has 0 atom stereocenters. The fourth-order valence-corrected chi connectivity index (χ4v) is 2.66. The minimum Gasteiger partial charge on any atom is -0.354 e. The number of carbonyl (C=O) groups excluding carboxylic acids is 1. The average Bonchev–Trinajstić information content (AvgIpc) is 2.61. The number of rotatable bonds is 5. The molecule has 0 saturated heterocycles. The maximum absolute atomic E-state index is 12.1. The molecule has 5 heteroatoms. The SMILES string of the molecule is CC(C)CNC(=O)Cn1nc(-c2cccc3ccccc23)ccc1=O. The molecule has 0 fully saturated rings. The fourth-order valence-electron chi connectivity index (χ4n) is 2.66. The molecule has 128 valence electrons. The normalized spacial score (nSPS) is 11.0. The molecule has 1 amide bonds. The van der Waals surface area contributed by atoms with Crippen LogP contribution in [0.5, 0.6) is 0 Å². The van der Waals surface area contributed by atoms with Crippen molar-refractivity contribution in [2.75, 3.05) is 6.54 Å². The molecule has 3 rings (SSSR count). The summed E-state index contributed by atoms with van der Waals surface area (Å²) in [4.78, 5) is 24.1. The van der Waals surface area contributed by atoms with E-state index in [1.54, 1.807) is 6.07 Å². The van der Waals surface area contributed by atoms with Crippen molar-refractivity contribution >= 4 is 16.7 Å². The largest absolute Gasteiger partial charge is 0.354 e. The smallest absolute Gasteiger partial charge is 0.267 e. The first-order chi connectivity index (χ1) is 12.0. The predicted octanol–water partition coefficient (Wildman–Crippen LogP) is 2.84. The van der Waals surface area contributed by atoms with Crippen molar-refractivity contribution in [1.29, 1.82) is 0 Å². The summed E-state index contributed by atoms with van der Waals surface area (Å²) in [5.41, 5.74) is 1.33. The van der Waals surface area contributed by atoms with Crippen molar-refractivity contribution in [3.8, 4) is 11.3 Å². The van der Waals surface area contributed by atoms with Gasteiger partial charge in [0.1, 0.15) is 6.54 Å². The second-order valence-electron chi connectivity index (χ2n) is 6.44. The summed E-state index contributed by atoms with van der Waals surface area (Å²) < 4.78 is 1.22. The molecule has 1 aromatic heterocycles. The Balaban J connectivity index is 1.94. The van der Waals surface area contributed by atoms with E-state index >= 15 is 0 Å². The van der Waals surface area contributed by atoms with Gasteiger partial charge in [-0.1, -0.05) is 56.3 Å². The van der Waals surface area contributed by atoms with Gasteiger partial charge in [-0.2, -0.15) is 5.10 Å². The summed E-state index contributed by atoms with van der Waals surface area (Å²) in [6, 6.07) is 17.1. The zero-order valence-electron chi connectivity index (χ0n) is 14.4. The molecule has 5 nitrogen and oxygen atoms in total. The molecule has 0 aliphatic rings. The number of aromatic nitrogens is 2. The second-order valence-corrected chi connectivity index (χ2v) is 6.44. The summed E-state index contributed by atoms with van der Waals surface area (Å²) in [5, 5.41) is 9.38. The van der Waals surface area contributed by atoms with Crippen LogP contribution in [0.25, 0.3) is 22.0 Å². The molecule has 0 spiro atoms. The average molecular weight is 335 g/mol. The van der Waals surface area contributed by atoms with Crippen molar-refractivity contribution in [1.82, 2.24) is 15.1 Å². The monoisotopic (exact) mass is 335 g/mol. The van der Waals surface area contributed by atoms with E-state index in [0.717, 1.165) is 16.3 Å². The number of amides is 1. The van der Waals surface area contributed by atoms with Gasteiger partial charge in [0, 0.05) is 18.2 Å². The predicted molar refractivity (Wildman–Crippen MR) is 99.3 cm³/mol. The molecule has 1 heterocycles. The highest BCUT2D eigenvalue weighted by molar-refractivity contribution is 5.95. The van der Waals surface area contributed by atoms with E-state index in [-0.39, 0.29) is 18.0 Å². The van der Waals surface area contributed by atoms with Crippen molar-refractivity contribution in [3.05, 3.63) is 65.0 Å². The molecule has 3 aromatic rings. The Hall–Kier alpha value is -2.95. The molecular weight excluding hydrogens is 314 g/mol. The number of fused-ring (bicyclic) bond motifs is 1. The van der Waals surface area contributed by atoms with Crippen molar-refractivity contribution in [3.63, 3.8) is 0 Å². The molecule has 1 N–H and O–H groups in total. The number of benzene rings is 2. The number of carbonyl (C=O) groups is 1. The Bertz CT molecular complexity index is 955. The van der Waals surface area contributed by atoms with Crippen LogP contribution in [-0.2, 0) is 11.3 Å². The quantitative estimate of drug-likeness (QED) is 0.780. The maximum Gasteiger partial charge on any atom is 0.267 e. The van der Waals surface area contributed by atoms with Gasteiger partial charge >= 0.3 is 0 Å². The molecule has 0 aliphatic heterocycles. The van der Waals surface area contributed by atoms with Gasteiger partial charge in [0.25, 0.3) is 5.56 Å². The zero-order valence-corrected chi connectivity index (χ0v) is 14.4. The van der Waals surface area contributed by atoms with Crippen LogP contribution in [0.3, 0.4) is 0 Å². The van der Waals surface area contributed by atoms with Gasteiger partial charge in [-0.3, -0.25) is 9.59 Å².